The minimum Gasteiger partial charge on any atom is -1.00 e. The largest absolute Gasteiger partial charge is 1.00 e. The molecule has 1 saturated carbocycles. The van der Waals surface area contributed by atoms with Crippen molar-refractivity contribution in [2.45, 2.75) is 76.2 Å². The fourth-order valence-corrected chi connectivity index (χ4v) is 2.54. The Labute approximate surface area is 111 Å². The molecule has 1 amide bonds. The van der Waals surface area contributed by atoms with Crippen LogP contribution in [0.25, 0.3) is 0 Å². The second kappa shape index (κ2) is 8.76. The Morgan fingerprint density at radius 1 is 0.824 bits per heavy atom. The summed E-state index contributed by atoms with van der Waals surface area (Å²) in [5, 5.41) is 0. The molecule has 0 unspecified atom stereocenters. The smallest absolute Gasteiger partial charge is 0.278 e. The number of nitrogens with two attached hydrogens (primary N) is 1. The molecule has 5 N–H and O–H groups in total. The molecule has 0 atom stereocenters. The Hall–Kier alpha value is -0.280. The lowest BCUT2D eigenvalue weighted by Gasteiger charge is -2.22. The summed E-state index contributed by atoms with van der Waals surface area (Å²) in [5.74, 6) is -0.204. The summed E-state index contributed by atoms with van der Waals surface area (Å²) in [5.41, 5.74) is 9.08. The van der Waals surface area contributed by atoms with Crippen LogP contribution in [-0.2, 0) is 4.79 Å². The van der Waals surface area contributed by atoms with Gasteiger partial charge in [0.2, 0.25) is 0 Å². The molecule has 102 valence electrons. The highest BCUT2D eigenvalue weighted by Gasteiger charge is 2.34. The first-order chi connectivity index (χ1) is 7.65. The first kappa shape index (κ1) is 16.7. The molecule has 0 aromatic heterocycles. The summed E-state index contributed by atoms with van der Waals surface area (Å²) in [6.07, 6.45) is 13.1. The Morgan fingerprint density at radius 2 is 1.12 bits per heavy atom. The van der Waals surface area contributed by atoms with E-state index in [0.717, 1.165) is 25.7 Å². The van der Waals surface area contributed by atoms with Crippen LogP contribution >= 0.6 is 0 Å². The van der Waals surface area contributed by atoms with Gasteiger partial charge < -0.3 is 23.9 Å². The average molecular weight is 263 g/mol. The van der Waals surface area contributed by atoms with Crippen molar-refractivity contribution in [2.75, 3.05) is 0 Å². The molecule has 0 aromatic rings. The van der Waals surface area contributed by atoms with Gasteiger partial charge in [0.1, 0.15) is 0 Å². The van der Waals surface area contributed by atoms with Gasteiger partial charge in [0.25, 0.3) is 5.91 Å². The van der Waals surface area contributed by atoms with Crippen LogP contribution in [0.5, 0.6) is 0 Å². The van der Waals surface area contributed by atoms with E-state index in [2.05, 4.69) is 5.73 Å². The lowest BCUT2D eigenvalue weighted by molar-refractivity contribution is -0.461. The number of hydrogen-bond donors (Lipinski definition) is 2. The number of rotatable bonds is 1. The third-order valence-corrected chi connectivity index (χ3v) is 3.83. The second-order valence-electron chi connectivity index (χ2n) is 5.33. The lowest BCUT2D eigenvalue weighted by Crippen LogP contribution is -3.00. The summed E-state index contributed by atoms with van der Waals surface area (Å²) in [6, 6.07) is 0. The van der Waals surface area contributed by atoms with Crippen LogP contribution in [-0.4, -0.2) is 11.4 Å². The van der Waals surface area contributed by atoms with Gasteiger partial charge in [-0.1, -0.05) is 44.9 Å². The SMILES string of the molecule is NC(=O)C1([NH3+])CCCCCCCCCCC1.[Cl-]. The zero-order valence-corrected chi connectivity index (χ0v) is 11.6. The molecular formula is C13H27ClN2O. The highest BCUT2D eigenvalue weighted by atomic mass is 35.5. The van der Waals surface area contributed by atoms with Gasteiger partial charge in [-0.05, 0) is 12.8 Å². The number of quaternary nitrogens is 1. The van der Waals surface area contributed by atoms with E-state index in [1.807, 2.05) is 0 Å². The second-order valence-corrected chi connectivity index (χ2v) is 5.33. The van der Waals surface area contributed by atoms with E-state index in [1.54, 1.807) is 0 Å². The van der Waals surface area contributed by atoms with Crippen LogP contribution < -0.4 is 23.9 Å². The zero-order chi connectivity index (χ0) is 11.9. The van der Waals surface area contributed by atoms with Gasteiger partial charge in [0.15, 0.2) is 5.54 Å². The van der Waals surface area contributed by atoms with E-state index in [9.17, 15) is 4.79 Å². The van der Waals surface area contributed by atoms with E-state index in [1.165, 1.54) is 44.9 Å². The van der Waals surface area contributed by atoms with Crippen molar-refractivity contribution in [2.24, 2.45) is 5.73 Å². The average Bonchev–Trinajstić information content (AvgIpc) is 2.23. The zero-order valence-electron chi connectivity index (χ0n) is 10.8. The fourth-order valence-electron chi connectivity index (χ4n) is 2.54. The third-order valence-electron chi connectivity index (χ3n) is 3.83. The van der Waals surface area contributed by atoms with Crippen molar-refractivity contribution in [3.63, 3.8) is 0 Å². The maximum atomic E-state index is 11.5. The standard InChI is InChI=1S/C13H26N2O.ClH/c14-12(16)13(15)10-8-6-4-2-1-3-5-7-9-11-13;/h1-11,15H2,(H2,14,16);1H. The highest BCUT2D eigenvalue weighted by molar-refractivity contribution is 5.82. The van der Waals surface area contributed by atoms with E-state index < -0.39 is 5.54 Å². The van der Waals surface area contributed by atoms with Crippen LogP contribution in [0.15, 0.2) is 0 Å². The van der Waals surface area contributed by atoms with Crippen molar-refractivity contribution in [1.29, 1.82) is 0 Å². The molecular weight excluding hydrogens is 236 g/mol. The molecule has 0 aromatic carbocycles. The highest BCUT2D eigenvalue weighted by Crippen LogP contribution is 2.21. The molecule has 0 heterocycles. The summed E-state index contributed by atoms with van der Waals surface area (Å²) in [6.45, 7) is 0. The first-order valence-electron chi connectivity index (χ1n) is 6.80. The molecule has 0 bridgehead atoms. The van der Waals surface area contributed by atoms with E-state index in [-0.39, 0.29) is 18.3 Å². The predicted octanol–water partition coefficient (Wildman–Crippen LogP) is -1.24. The number of carbonyl (C=O) groups excluding carboxylic acids is 1. The van der Waals surface area contributed by atoms with Crippen LogP contribution in [0.3, 0.4) is 0 Å². The quantitative estimate of drug-likeness (QED) is 0.610. The van der Waals surface area contributed by atoms with E-state index >= 15 is 0 Å². The van der Waals surface area contributed by atoms with Gasteiger partial charge in [-0.2, -0.15) is 0 Å². The maximum absolute atomic E-state index is 11.5. The van der Waals surface area contributed by atoms with Crippen LogP contribution in [0, 0.1) is 0 Å². The molecule has 0 saturated heterocycles. The van der Waals surface area contributed by atoms with Gasteiger partial charge in [-0.3, -0.25) is 4.79 Å². The van der Waals surface area contributed by atoms with E-state index in [0.29, 0.717) is 0 Å². The molecule has 0 aliphatic heterocycles. The topological polar surface area (TPSA) is 70.7 Å². The molecule has 1 fully saturated rings. The van der Waals surface area contributed by atoms with Crippen LogP contribution in [0.1, 0.15) is 70.6 Å². The van der Waals surface area contributed by atoms with E-state index in [4.69, 9.17) is 5.73 Å². The lowest BCUT2D eigenvalue weighted by atomic mass is 9.86. The van der Waals surface area contributed by atoms with Crippen molar-refractivity contribution in [3.8, 4) is 0 Å². The Bertz CT molecular complexity index is 209. The Balaban J connectivity index is 0.00000256. The monoisotopic (exact) mass is 262 g/mol. The fraction of sp³-hybridized carbons (Fsp3) is 0.923. The minimum atomic E-state index is -0.487. The molecule has 1 aliphatic rings. The summed E-state index contributed by atoms with van der Waals surface area (Å²) >= 11 is 0. The molecule has 0 spiro atoms. The minimum absolute atomic E-state index is 0. The number of halogens is 1. The molecule has 1 rings (SSSR count). The van der Waals surface area contributed by atoms with Crippen molar-refractivity contribution >= 4 is 5.91 Å². The maximum Gasteiger partial charge on any atom is 0.278 e. The van der Waals surface area contributed by atoms with Gasteiger partial charge in [-0.15, -0.1) is 0 Å². The molecule has 17 heavy (non-hydrogen) atoms. The van der Waals surface area contributed by atoms with Crippen molar-refractivity contribution < 1.29 is 22.9 Å². The first-order valence-corrected chi connectivity index (χ1v) is 6.80. The normalized spacial score (nSPS) is 22.6. The Kier molecular flexibility index (Phi) is 8.61. The van der Waals surface area contributed by atoms with Gasteiger partial charge in [-0.25, -0.2) is 0 Å². The third kappa shape index (κ3) is 6.27. The van der Waals surface area contributed by atoms with Gasteiger partial charge >= 0.3 is 0 Å². The molecule has 3 nitrogen and oxygen atoms in total. The molecule has 0 radical (unpaired) electrons. The number of carbonyl (C=O) groups is 1. The molecule has 1 aliphatic carbocycles. The van der Waals surface area contributed by atoms with Crippen LogP contribution in [0.4, 0.5) is 0 Å². The summed E-state index contributed by atoms with van der Waals surface area (Å²) in [4.78, 5) is 11.5. The summed E-state index contributed by atoms with van der Waals surface area (Å²) in [7, 11) is 0. The van der Waals surface area contributed by atoms with Gasteiger partial charge in [0.05, 0.1) is 0 Å². The van der Waals surface area contributed by atoms with Gasteiger partial charge in [0, 0.05) is 12.8 Å². The van der Waals surface area contributed by atoms with Crippen molar-refractivity contribution in [3.05, 3.63) is 0 Å². The number of primary amides is 1. The number of amides is 1. The Morgan fingerprint density at radius 3 is 1.41 bits per heavy atom. The number of hydrogen-bond acceptors (Lipinski definition) is 1. The van der Waals surface area contributed by atoms with Crippen molar-refractivity contribution in [1.82, 2.24) is 0 Å². The predicted molar refractivity (Wildman–Crippen MR) is 65.6 cm³/mol. The summed E-state index contributed by atoms with van der Waals surface area (Å²) < 4.78 is 0. The molecule has 4 heteroatoms. The van der Waals surface area contributed by atoms with Crippen LogP contribution in [0.2, 0.25) is 0 Å².